The molecule has 1 N–H and O–H groups in total. The van der Waals surface area contributed by atoms with Crippen molar-refractivity contribution in [3.8, 4) is 0 Å². The normalized spacial score (nSPS) is 13.7. The summed E-state index contributed by atoms with van der Waals surface area (Å²) in [6.45, 7) is 22.0. The van der Waals surface area contributed by atoms with E-state index in [1.807, 2.05) is 0 Å². The van der Waals surface area contributed by atoms with E-state index in [-0.39, 0.29) is 0 Å². The summed E-state index contributed by atoms with van der Waals surface area (Å²) in [5.74, 6) is 0.707. The SMILES string of the molecule is CCCNC(CN(CC)CCCN(CC)CC)C(C)C. The van der Waals surface area contributed by atoms with Gasteiger partial charge in [0.15, 0.2) is 0 Å². The van der Waals surface area contributed by atoms with Gasteiger partial charge in [0, 0.05) is 12.6 Å². The number of nitrogens with one attached hydrogen (secondary N) is 1. The van der Waals surface area contributed by atoms with Gasteiger partial charge in [-0.05, 0) is 58.0 Å². The third kappa shape index (κ3) is 8.93. The molecule has 0 fully saturated rings. The fourth-order valence-electron chi connectivity index (χ4n) is 2.56. The molecule has 20 heavy (non-hydrogen) atoms. The zero-order valence-electron chi connectivity index (χ0n) is 14.9. The van der Waals surface area contributed by atoms with E-state index in [0.717, 1.165) is 13.1 Å². The average molecular weight is 286 g/mol. The molecule has 122 valence electrons. The van der Waals surface area contributed by atoms with Crippen molar-refractivity contribution in [3.63, 3.8) is 0 Å². The summed E-state index contributed by atoms with van der Waals surface area (Å²) in [7, 11) is 0. The number of rotatable bonds is 13. The van der Waals surface area contributed by atoms with Gasteiger partial charge in [0.2, 0.25) is 0 Å². The van der Waals surface area contributed by atoms with Gasteiger partial charge in [-0.1, -0.05) is 41.5 Å². The van der Waals surface area contributed by atoms with Crippen LogP contribution in [-0.4, -0.2) is 61.7 Å². The smallest absolute Gasteiger partial charge is 0.0217 e. The summed E-state index contributed by atoms with van der Waals surface area (Å²) < 4.78 is 0. The Balaban J connectivity index is 4.09. The monoisotopic (exact) mass is 285 g/mol. The topological polar surface area (TPSA) is 18.5 Å². The molecule has 3 nitrogen and oxygen atoms in total. The number of hydrogen-bond donors (Lipinski definition) is 1. The zero-order valence-corrected chi connectivity index (χ0v) is 14.9. The van der Waals surface area contributed by atoms with Gasteiger partial charge in [0.1, 0.15) is 0 Å². The van der Waals surface area contributed by atoms with Crippen molar-refractivity contribution in [1.82, 2.24) is 15.1 Å². The molecule has 0 saturated carbocycles. The van der Waals surface area contributed by atoms with Crippen LogP contribution in [0.15, 0.2) is 0 Å². The van der Waals surface area contributed by atoms with Crippen molar-refractivity contribution in [3.05, 3.63) is 0 Å². The van der Waals surface area contributed by atoms with Crippen LogP contribution in [-0.2, 0) is 0 Å². The molecule has 0 aliphatic carbocycles. The lowest BCUT2D eigenvalue weighted by Crippen LogP contribution is -2.45. The Labute approximate surface area is 128 Å². The predicted octanol–water partition coefficient (Wildman–Crippen LogP) is 3.06. The zero-order chi connectivity index (χ0) is 15.4. The summed E-state index contributed by atoms with van der Waals surface area (Å²) in [6.07, 6.45) is 2.51. The molecule has 0 bridgehead atoms. The van der Waals surface area contributed by atoms with Crippen LogP contribution in [0.25, 0.3) is 0 Å². The second-order valence-corrected chi connectivity index (χ2v) is 6.08. The summed E-state index contributed by atoms with van der Waals surface area (Å²) >= 11 is 0. The maximum absolute atomic E-state index is 3.70. The summed E-state index contributed by atoms with van der Waals surface area (Å²) in [5, 5.41) is 3.70. The van der Waals surface area contributed by atoms with E-state index in [4.69, 9.17) is 0 Å². The average Bonchev–Trinajstić information content (AvgIpc) is 2.45. The minimum atomic E-state index is 0.628. The van der Waals surface area contributed by atoms with Gasteiger partial charge >= 0.3 is 0 Å². The number of hydrogen-bond acceptors (Lipinski definition) is 3. The van der Waals surface area contributed by atoms with E-state index in [1.54, 1.807) is 0 Å². The van der Waals surface area contributed by atoms with Gasteiger partial charge in [0.05, 0.1) is 0 Å². The van der Waals surface area contributed by atoms with Crippen molar-refractivity contribution < 1.29 is 0 Å². The molecule has 0 heterocycles. The summed E-state index contributed by atoms with van der Waals surface area (Å²) in [4.78, 5) is 5.12. The van der Waals surface area contributed by atoms with Crippen LogP contribution >= 0.6 is 0 Å². The van der Waals surface area contributed by atoms with Gasteiger partial charge in [-0.3, -0.25) is 0 Å². The first-order valence-corrected chi connectivity index (χ1v) is 8.76. The van der Waals surface area contributed by atoms with Gasteiger partial charge in [-0.25, -0.2) is 0 Å². The standard InChI is InChI=1S/C17H39N3/c1-7-12-18-17(16(5)6)15-20(10-4)14-11-13-19(8-2)9-3/h16-18H,7-15H2,1-6H3. The van der Waals surface area contributed by atoms with Crippen molar-refractivity contribution in [1.29, 1.82) is 0 Å². The lowest BCUT2D eigenvalue weighted by atomic mass is 10.0. The fourth-order valence-corrected chi connectivity index (χ4v) is 2.56. The van der Waals surface area contributed by atoms with Crippen molar-refractivity contribution >= 4 is 0 Å². The van der Waals surface area contributed by atoms with Gasteiger partial charge in [-0.15, -0.1) is 0 Å². The minimum absolute atomic E-state index is 0.628. The van der Waals surface area contributed by atoms with Crippen LogP contribution in [0.2, 0.25) is 0 Å². The van der Waals surface area contributed by atoms with Crippen molar-refractivity contribution in [2.75, 3.05) is 45.8 Å². The largest absolute Gasteiger partial charge is 0.312 e. The highest BCUT2D eigenvalue weighted by molar-refractivity contribution is 4.75. The second kappa shape index (κ2) is 12.6. The Morgan fingerprint density at radius 1 is 0.850 bits per heavy atom. The highest BCUT2D eigenvalue weighted by Crippen LogP contribution is 2.05. The molecule has 3 heteroatoms. The maximum Gasteiger partial charge on any atom is 0.0217 e. The van der Waals surface area contributed by atoms with E-state index in [9.17, 15) is 0 Å². The molecule has 1 unspecified atom stereocenters. The molecular formula is C17H39N3. The molecular weight excluding hydrogens is 246 g/mol. The Kier molecular flexibility index (Phi) is 12.5. The molecule has 0 aliphatic heterocycles. The molecule has 0 aromatic carbocycles. The van der Waals surface area contributed by atoms with Gasteiger partial charge in [-0.2, -0.15) is 0 Å². The third-order valence-electron chi connectivity index (χ3n) is 4.21. The summed E-state index contributed by atoms with van der Waals surface area (Å²) in [5.41, 5.74) is 0. The Morgan fingerprint density at radius 2 is 1.40 bits per heavy atom. The van der Waals surface area contributed by atoms with E-state index >= 15 is 0 Å². The van der Waals surface area contributed by atoms with Crippen LogP contribution in [0.4, 0.5) is 0 Å². The Morgan fingerprint density at radius 3 is 1.85 bits per heavy atom. The second-order valence-electron chi connectivity index (χ2n) is 6.08. The van der Waals surface area contributed by atoms with Crippen molar-refractivity contribution in [2.45, 2.75) is 60.4 Å². The fraction of sp³-hybridized carbons (Fsp3) is 1.00. The predicted molar refractivity (Wildman–Crippen MR) is 91.4 cm³/mol. The molecule has 1 atom stereocenters. The molecule has 0 spiro atoms. The van der Waals surface area contributed by atoms with Gasteiger partial charge < -0.3 is 15.1 Å². The summed E-state index contributed by atoms with van der Waals surface area (Å²) in [6, 6.07) is 0.628. The van der Waals surface area contributed by atoms with E-state index in [2.05, 4.69) is 56.7 Å². The van der Waals surface area contributed by atoms with E-state index < -0.39 is 0 Å². The Hall–Kier alpha value is -0.120. The molecule has 0 saturated heterocycles. The lowest BCUT2D eigenvalue weighted by Gasteiger charge is -2.30. The molecule has 0 aliphatic rings. The first kappa shape index (κ1) is 19.9. The van der Waals surface area contributed by atoms with Crippen molar-refractivity contribution in [2.24, 2.45) is 5.92 Å². The minimum Gasteiger partial charge on any atom is -0.312 e. The molecule has 0 rings (SSSR count). The van der Waals surface area contributed by atoms with Crippen LogP contribution in [0.5, 0.6) is 0 Å². The highest BCUT2D eigenvalue weighted by Gasteiger charge is 2.15. The first-order chi connectivity index (χ1) is 9.58. The van der Waals surface area contributed by atoms with E-state index in [0.29, 0.717) is 12.0 Å². The molecule has 0 aromatic heterocycles. The Bertz CT molecular complexity index is 202. The molecule has 0 aromatic rings. The number of likely N-dealkylation sites (N-methyl/N-ethyl adjacent to an activating group) is 1. The quantitative estimate of drug-likeness (QED) is 0.561. The highest BCUT2D eigenvalue weighted by atomic mass is 15.2. The molecule has 0 amide bonds. The maximum atomic E-state index is 3.70. The van der Waals surface area contributed by atoms with Gasteiger partial charge in [0.25, 0.3) is 0 Å². The lowest BCUT2D eigenvalue weighted by molar-refractivity contribution is 0.208. The molecule has 0 radical (unpaired) electrons. The van der Waals surface area contributed by atoms with E-state index in [1.165, 1.54) is 45.6 Å². The van der Waals surface area contributed by atoms with Crippen LogP contribution in [0.1, 0.15) is 54.4 Å². The van der Waals surface area contributed by atoms with Crippen LogP contribution in [0, 0.1) is 5.92 Å². The number of nitrogens with zero attached hydrogens (tertiary/aromatic N) is 2. The third-order valence-corrected chi connectivity index (χ3v) is 4.21. The first-order valence-electron chi connectivity index (χ1n) is 8.76. The van der Waals surface area contributed by atoms with Crippen LogP contribution in [0.3, 0.4) is 0 Å². The van der Waals surface area contributed by atoms with Crippen LogP contribution < -0.4 is 5.32 Å².